The summed E-state index contributed by atoms with van der Waals surface area (Å²) in [5, 5.41) is 8.91. The van der Waals surface area contributed by atoms with E-state index in [-0.39, 0.29) is 16.9 Å². The summed E-state index contributed by atoms with van der Waals surface area (Å²) in [4.78, 5) is 22.8. The van der Waals surface area contributed by atoms with Crippen molar-refractivity contribution in [3.8, 4) is 0 Å². The lowest BCUT2D eigenvalue weighted by Crippen LogP contribution is -2.26. The van der Waals surface area contributed by atoms with Crippen LogP contribution >= 0.6 is 15.9 Å². The Morgan fingerprint density at radius 1 is 1.20 bits per heavy atom. The number of aromatic carboxylic acids is 1. The number of carbonyl (C=O) groups excluding carboxylic acids is 1. The van der Waals surface area contributed by atoms with Crippen LogP contribution in [0.5, 0.6) is 0 Å². The van der Waals surface area contributed by atoms with E-state index in [1.54, 1.807) is 26.0 Å². The van der Waals surface area contributed by atoms with Crippen LogP contribution in [0.3, 0.4) is 0 Å². The molecule has 0 aliphatic carbocycles. The van der Waals surface area contributed by atoms with Gasteiger partial charge in [0.2, 0.25) is 0 Å². The van der Waals surface area contributed by atoms with Crippen molar-refractivity contribution in [2.45, 2.75) is 18.2 Å². The molecule has 0 unspecified atom stereocenters. The van der Waals surface area contributed by atoms with Gasteiger partial charge in [-0.1, -0.05) is 34.1 Å². The number of Topliss-reactive ketones (excluding diaryl/α,β-unsaturated/α-hetero) is 1. The van der Waals surface area contributed by atoms with Crippen LogP contribution in [0.1, 0.15) is 34.6 Å². The minimum atomic E-state index is -1.09. The summed E-state index contributed by atoms with van der Waals surface area (Å²) in [5.41, 5.74) is 0.266. The summed E-state index contributed by atoms with van der Waals surface area (Å²) in [6.45, 7) is 3.38. The van der Waals surface area contributed by atoms with Crippen molar-refractivity contribution in [3.63, 3.8) is 0 Å². The molecule has 0 spiro atoms. The van der Waals surface area contributed by atoms with Gasteiger partial charge in [0.05, 0.1) is 9.89 Å². The molecule has 0 aliphatic heterocycles. The van der Waals surface area contributed by atoms with Gasteiger partial charge in [-0.25, -0.2) is 4.79 Å². The molecule has 0 aromatic heterocycles. The zero-order chi connectivity index (χ0) is 11.6. The van der Waals surface area contributed by atoms with Gasteiger partial charge in [-0.3, -0.25) is 4.79 Å². The molecule has 0 heterocycles. The SMILES string of the molecule is CC(C)(Br)C(=O)c1ccccc1C(=O)O. The Morgan fingerprint density at radius 2 is 1.67 bits per heavy atom. The zero-order valence-corrected chi connectivity index (χ0v) is 10.0. The Labute approximate surface area is 96.2 Å². The monoisotopic (exact) mass is 270 g/mol. The molecule has 4 heteroatoms. The van der Waals surface area contributed by atoms with E-state index in [0.29, 0.717) is 0 Å². The second kappa shape index (κ2) is 4.14. The minimum Gasteiger partial charge on any atom is -0.478 e. The molecule has 1 N–H and O–H groups in total. The molecular formula is C11H11BrO3. The Morgan fingerprint density at radius 3 is 2.07 bits per heavy atom. The van der Waals surface area contributed by atoms with Crippen molar-refractivity contribution < 1.29 is 14.7 Å². The smallest absolute Gasteiger partial charge is 0.336 e. The summed E-state index contributed by atoms with van der Waals surface area (Å²) >= 11 is 3.22. The molecule has 0 fully saturated rings. The lowest BCUT2D eigenvalue weighted by atomic mass is 9.96. The summed E-state index contributed by atoms with van der Waals surface area (Å²) in [5.74, 6) is -1.32. The number of rotatable bonds is 3. The first-order valence-corrected chi connectivity index (χ1v) is 5.19. The molecule has 3 nitrogen and oxygen atoms in total. The number of benzene rings is 1. The third kappa shape index (κ3) is 2.65. The van der Waals surface area contributed by atoms with E-state index >= 15 is 0 Å². The highest BCUT2D eigenvalue weighted by atomic mass is 79.9. The molecule has 1 aromatic carbocycles. The maximum atomic E-state index is 11.9. The third-order valence-electron chi connectivity index (χ3n) is 1.94. The first-order valence-electron chi connectivity index (χ1n) is 4.40. The topological polar surface area (TPSA) is 54.4 Å². The Bertz CT molecular complexity index is 405. The predicted molar refractivity (Wildman–Crippen MR) is 60.7 cm³/mol. The highest BCUT2D eigenvalue weighted by Gasteiger charge is 2.28. The Balaban J connectivity index is 3.26. The number of carboxylic acid groups (broad SMARTS) is 1. The van der Waals surface area contributed by atoms with Crippen LogP contribution in [0.4, 0.5) is 0 Å². The number of ketones is 1. The van der Waals surface area contributed by atoms with Gasteiger partial charge in [0.25, 0.3) is 0 Å². The highest BCUT2D eigenvalue weighted by Crippen LogP contribution is 2.24. The van der Waals surface area contributed by atoms with Gasteiger partial charge in [-0.05, 0) is 19.9 Å². The highest BCUT2D eigenvalue weighted by molar-refractivity contribution is 9.10. The van der Waals surface area contributed by atoms with Gasteiger partial charge in [-0.15, -0.1) is 0 Å². The molecule has 0 aliphatic rings. The number of halogens is 1. The largest absolute Gasteiger partial charge is 0.478 e. The van der Waals surface area contributed by atoms with Gasteiger partial charge in [0.1, 0.15) is 0 Å². The number of hydrogen-bond acceptors (Lipinski definition) is 2. The van der Waals surface area contributed by atoms with Gasteiger partial charge >= 0.3 is 5.97 Å². The van der Waals surface area contributed by atoms with E-state index in [1.807, 2.05) is 0 Å². The number of carbonyl (C=O) groups is 2. The van der Waals surface area contributed by atoms with E-state index < -0.39 is 10.3 Å². The van der Waals surface area contributed by atoms with E-state index in [2.05, 4.69) is 15.9 Å². The van der Waals surface area contributed by atoms with Gasteiger partial charge in [0, 0.05) is 5.56 Å². The minimum absolute atomic E-state index is 0.0371. The van der Waals surface area contributed by atoms with Gasteiger partial charge in [0.15, 0.2) is 5.78 Å². The molecule has 0 amide bonds. The maximum absolute atomic E-state index is 11.9. The molecule has 0 saturated carbocycles. The van der Waals surface area contributed by atoms with E-state index in [9.17, 15) is 9.59 Å². The zero-order valence-electron chi connectivity index (χ0n) is 8.45. The van der Waals surface area contributed by atoms with Crippen LogP contribution < -0.4 is 0 Å². The molecule has 15 heavy (non-hydrogen) atoms. The maximum Gasteiger partial charge on any atom is 0.336 e. The number of alkyl halides is 1. The first-order chi connectivity index (χ1) is 6.84. The van der Waals surface area contributed by atoms with Crippen molar-refractivity contribution in [3.05, 3.63) is 35.4 Å². The number of carboxylic acids is 1. The molecule has 0 saturated heterocycles. The van der Waals surface area contributed by atoms with Crippen LogP contribution in [0, 0.1) is 0 Å². The van der Waals surface area contributed by atoms with Crippen molar-refractivity contribution in [1.82, 2.24) is 0 Å². The molecule has 1 aromatic rings. The van der Waals surface area contributed by atoms with Crippen molar-refractivity contribution in [2.75, 3.05) is 0 Å². The fourth-order valence-electron chi connectivity index (χ4n) is 1.19. The number of hydrogen-bond donors (Lipinski definition) is 1. The second-order valence-electron chi connectivity index (χ2n) is 3.65. The Hall–Kier alpha value is -1.16. The molecule has 80 valence electrons. The van der Waals surface area contributed by atoms with Crippen molar-refractivity contribution >= 4 is 27.7 Å². The van der Waals surface area contributed by atoms with E-state index in [4.69, 9.17) is 5.11 Å². The third-order valence-corrected chi connectivity index (χ3v) is 2.30. The predicted octanol–water partition coefficient (Wildman–Crippen LogP) is 2.74. The fourth-order valence-corrected chi connectivity index (χ4v) is 1.40. The lowest BCUT2D eigenvalue weighted by Gasteiger charge is -2.15. The van der Waals surface area contributed by atoms with E-state index in [1.165, 1.54) is 12.1 Å². The molecule has 0 atom stereocenters. The summed E-state index contributed by atoms with van der Waals surface area (Å²) < 4.78 is -0.751. The summed E-state index contributed by atoms with van der Waals surface area (Å²) in [6, 6.07) is 6.20. The van der Waals surface area contributed by atoms with Crippen LogP contribution in [0.15, 0.2) is 24.3 Å². The van der Waals surface area contributed by atoms with Crippen LogP contribution in [-0.2, 0) is 0 Å². The Kier molecular flexibility index (Phi) is 3.29. The average molecular weight is 271 g/mol. The summed E-state index contributed by atoms with van der Waals surface area (Å²) in [6.07, 6.45) is 0. The van der Waals surface area contributed by atoms with Crippen LogP contribution in [0.25, 0.3) is 0 Å². The average Bonchev–Trinajstić information content (AvgIpc) is 2.15. The summed E-state index contributed by atoms with van der Waals surface area (Å²) in [7, 11) is 0. The lowest BCUT2D eigenvalue weighted by molar-refractivity contribution is 0.0691. The van der Waals surface area contributed by atoms with Crippen molar-refractivity contribution in [1.29, 1.82) is 0 Å². The standard InChI is InChI=1S/C11H11BrO3/c1-11(2,12)9(13)7-5-3-4-6-8(7)10(14)15/h3-6H,1-2H3,(H,14,15). The second-order valence-corrected chi connectivity index (χ2v) is 5.63. The van der Waals surface area contributed by atoms with Crippen molar-refractivity contribution in [2.24, 2.45) is 0 Å². The fraction of sp³-hybridized carbons (Fsp3) is 0.273. The van der Waals surface area contributed by atoms with Gasteiger partial charge in [-0.2, -0.15) is 0 Å². The van der Waals surface area contributed by atoms with Crippen LogP contribution in [-0.4, -0.2) is 21.2 Å². The molecule has 1 rings (SSSR count). The normalized spacial score (nSPS) is 11.1. The van der Waals surface area contributed by atoms with E-state index in [0.717, 1.165) is 0 Å². The molecular weight excluding hydrogens is 260 g/mol. The first kappa shape index (κ1) is 11.9. The van der Waals surface area contributed by atoms with Crippen LogP contribution in [0.2, 0.25) is 0 Å². The molecule has 0 radical (unpaired) electrons. The molecule has 0 bridgehead atoms. The van der Waals surface area contributed by atoms with Gasteiger partial charge < -0.3 is 5.11 Å². The quantitative estimate of drug-likeness (QED) is 0.679.